The minimum absolute atomic E-state index is 0.554. The first kappa shape index (κ1) is 14.8. The van der Waals surface area contributed by atoms with Crippen molar-refractivity contribution in [3.63, 3.8) is 0 Å². The maximum Gasteiger partial charge on any atom is 0.169 e. The molecule has 2 heterocycles. The molecule has 2 aromatic heterocycles. The molecule has 0 aliphatic rings. The number of aldehydes is 1. The Morgan fingerprint density at radius 1 is 0.833 bits per heavy atom. The van der Waals surface area contributed by atoms with E-state index in [0.717, 1.165) is 27.5 Å². The first-order valence-corrected chi connectivity index (χ1v) is 8.34. The monoisotopic (exact) mass is 376 g/mol. The van der Waals surface area contributed by atoms with Gasteiger partial charge in [0.25, 0.3) is 0 Å². The van der Waals surface area contributed by atoms with Gasteiger partial charge in [-0.25, -0.2) is 4.98 Å². The Bertz CT molecular complexity index is 1020. The maximum absolute atomic E-state index is 11.6. The molecule has 0 atom stereocenters. The molecule has 0 aliphatic carbocycles. The number of rotatable bonds is 3. The van der Waals surface area contributed by atoms with Crippen molar-refractivity contribution in [3.8, 4) is 22.4 Å². The summed E-state index contributed by atoms with van der Waals surface area (Å²) in [7, 11) is 0. The maximum atomic E-state index is 11.6. The lowest BCUT2D eigenvalue weighted by Crippen LogP contribution is -1.92. The predicted octanol–water partition coefficient (Wildman–Crippen LogP) is 5.24. The largest absolute Gasteiger partial charge is 0.296 e. The third kappa shape index (κ3) is 2.55. The van der Waals surface area contributed by atoms with Crippen LogP contribution in [0.4, 0.5) is 0 Å². The van der Waals surface area contributed by atoms with E-state index in [0.29, 0.717) is 11.4 Å². The van der Waals surface area contributed by atoms with Crippen LogP contribution in [0.1, 0.15) is 10.5 Å². The van der Waals surface area contributed by atoms with Crippen LogP contribution in [-0.2, 0) is 0 Å². The van der Waals surface area contributed by atoms with Gasteiger partial charge in [-0.05, 0) is 39.2 Å². The van der Waals surface area contributed by atoms with Crippen molar-refractivity contribution in [1.82, 2.24) is 9.38 Å². The number of nitrogens with zero attached hydrogens (tertiary/aromatic N) is 2. The summed E-state index contributed by atoms with van der Waals surface area (Å²) in [6.07, 6.45) is 2.71. The van der Waals surface area contributed by atoms with Crippen LogP contribution in [0, 0.1) is 0 Å². The Hall–Kier alpha value is -2.72. The highest BCUT2D eigenvalue weighted by Gasteiger charge is 2.13. The zero-order chi connectivity index (χ0) is 16.5. The Morgan fingerprint density at radius 2 is 1.50 bits per heavy atom. The van der Waals surface area contributed by atoms with Crippen LogP contribution in [0.2, 0.25) is 0 Å². The summed E-state index contributed by atoms with van der Waals surface area (Å²) in [4.78, 5) is 16.2. The van der Waals surface area contributed by atoms with E-state index in [-0.39, 0.29) is 0 Å². The van der Waals surface area contributed by atoms with Crippen molar-refractivity contribution >= 4 is 27.9 Å². The van der Waals surface area contributed by atoms with Gasteiger partial charge in [-0.2, -0.15) is 0 Å². The van der Waals surface area contributed by atoms with Gasteiger partial charge in [0.15, 0.2) is 6.29 Å². The highest BCUT2D eigenvalue weighted by Crippen LogP contribution is 2.27. The molecule has 4 aromatic rings. The van der Waals surface area contributed by atoms with Crippen LogP contribution in [0.15, 0.2) is 77.4 Å². The number of carbonyl (C=O) groups excluding carboxylic acids is 1. The van der Waals surface area contributed by atoms with Crippen LogP contribution in [0.25, 0.3) is 28.0 Å². The summed E-state index contributed by atoms with van der Waals surface area (Å²) in [5.41, 5.74) is 5.23. The quantitative estimate of drug-likeness (QED) is 0.458. The fourth-order valence-corrected chi connectivity index (χ4v) is 3.15. The van der Waals surface area contributed by atoms with E-state index in [9.17, 15) is 4.79 Å². The SMILES string of the molecule is O=Cc1c(-c2ccc(-c3ccccc3)cc2)nc2ccc(Br)cn12. The molecule has 0 radical (unpaired) electrons. The van der Waals surface area contributed by atoms with E-state index in [4.69, 9.17) is 0 Å². The molecule has 0 unspecified atom stereocenters. The van der Waals surface area contributed by atoms with Crippen molar-refractivity contribution in [2.45, 2.75) is 0 Å². The van der Waals surface area contributed by atoms with Crippen LogP contribution in [0.5, 0.6) is 0 Å². The summed E-state index contributed by atoms with van der Waals surface area (Å²) in [5, 5.41) is 0. The summed E-state index contributed by atoms with van der Waals surface area (Å²) in [6.45, 7) is 0. The molecule has 24 heavy (non-hydrogen) atoms. The molecular weight excluding hydrogens is 364 g/mol. The Morgan fingerprint density at radius 3 is 2.21 bits per heavy atom. The lowest BCUT2D eigenvalue weighted by atomic mass is 10.0. The van der Waals surface area contributed by atoms with Crippen molar-refractivity contribution < 1.29 is 4.79 Å². The second-order valence-electron chi connectivity index (χ2n) is 5.48. The number of aromatic nitrogens is 2. The van der Waals surface area contributed by atoms with Gasteiger partial charge in [-0.1, -0.05) is 54.6 Å². The summed E-state index contributed by atoms with van der Waals surface area (Å²) < 4.78 is 2.71. The summed E-state index contributed by atoms with van der Waals surface area (Å²) in [5.74, 6) is 0. The van der Waals surface area contributed by atoms with Gasteiger partial charge < -0.3 is 0 Å². The van der Waals surface area contributed by atoms with E-state index in [1.807, 2.05) is 48.7 Å². The second-order valence-corrected chi connectivity index (χ2v) is 6.40. The zero-order valence-corrected chi connectivity index (χ0v) is 14.3. The number of fused-ring (bicyclic) bond motifs is 1. The molecule has 0 fully saturated rings. The molecule has 4 rings (SSSR count). The number of imidazole rings is 1. The Kier molecular flexibility index (Phi) is 3.75. The first-order valence-electron chi connectivity index (χ1n) is 7.55. The average molecular weight is 377 g/mol. The van der Waals surface area contributed by atoms with E-state index in [1.165, 1.54) is 5.56 Å². The summed E-state index contributed by atoms with van der Waals surface area (Å²) in [6, 6.07) is 22.1. The number of benzene rings is 2. The van der Waals surface area contributed by atoms with Gasteiger partial charge in [0.1, 0.15) is 17.0 Å². The molecule has 0 spiro atoms. The molecule has 0 aliphatic heterocycles. The topological polar surface area (TPSA) is 34.4 Å². The lowest BCUT2D eigenvalue weighted by molar-refractivity contribution is 0.111. The second kappa shape index (κ2) is 6.06. The highest BCUT2D eigenvalue weighted by molar-refractivity contribution is 9.10. The van der Waals surface area contributed by atoms with Gasteiger partial charge in [-0.15, -0.1) is 0 Å². The number of hydrogen-bond acceptors (Lipinski definition) is 2. The number of hydrogen-bond donors (Lipinski definition) is 0. The molecule has 2 aromatic carbocycles. The van der Waals surface area contributed by atoms with E-state index >= 15 is 0 Å². The molecule has 0 saturated carbocycles. The molecule has 0 bridgehead atoms. The van der Waals surface area contributed by atoms with Gasteiger partial charge in [0.2, 0.25) is 0 Å². The molecular formula is C20H13BrN2O. The standard InChI is InChI=1S/C20H13BrN2O/c21-17-10-11-19-22-20(18(13-24)23(19)12-17)16-8-6-15(7-9-16)14-4-2-1-3-5-14/h1-13H. The van der Waals surface area contributed by atoms with E-state index in [1.54, 1.807) is 4.40 Å². The Balaban J connectivity index is 1.82. The fraction of sp³-hybridized carbons (Fsp3) is 0. The lowest BCUT2D eigenvalue weighted by Gasteiger charge is -2.03. The van der Waals surface area contributed by atoms with Crippen molar-refractivity contribution in [1.29, 1.82) is 0 Å². The first-order chi connectivity index (χ1) is 11.8. The van der Waals surface area contributed by atoms with E-state index < -0.39 is 0 Å². The number of pyridine rings is 1. The zero-order valence-electron chi connectivity index (χ0n) is 12.7. The minimum Gasteiger partial charge on any atom is -0.296 e. The molecule has 3 nitrogen and oxygen atoms in total. The van der Waals surface area contributed by atoms with Crippen LogP contribution >= 0.6 is 15.9 Å². The highest BCUT2D eigenvalue weighted by atomic mass is 79.9. The third-order valence-electron chi connectivity index (χ3n) is 4.00. The van der Waals surface area contributed by atoms with Crippen LogP contribution < -0.4 is 0 Å². The number of halogens is 1. The molecule has 4 heteroatoms. The molecule has 0 N–H and O–H groups in total. The molecule has 0 saturated heterocycles. The summed E-state index contributed by atoms with van der Waals surface area (Å²) >= 11 is 3.43. The fourth-order valence-electron chi connectivity index (χ4n) is 2.81. The van der Waals surface area contributed by atoms with Crippen LogP contribution in [-0.4, -0.2) is 15.7 Å². The molecule has 0 amide bonds. The van der Waals surface area contributed by atoms with Gasteiger partial charge >= 0.3 is 0 Å². The van der Waals surface area contributed by atoms with Crippen molar-refractivity contribution in [2.24, 2.45) is 0 Å². The Labute approximate surface area is 147 Å². The number of carbonyl (C=O) groups is 1. The average Bonchev–Trinajstić information content (AvgIpc) is 3.00. The third-order valence-corrected chi connectivity index (χ3v) is 4.47. The van der Waals surface area contributed by atoms with Gasteiger partial charge in [-0.3, -0.25) is 9.20 Å². The van der Waals surface area contributed by atoms with Gasteiger partial charge in [0, 0.05) is 16.2 Å². The van der Waals surface area contributed by atoms with Crippen molar-refractivity contribution in [3.05, 3.63) is 83.1 Å². The van der Waals surface area contributed by atoms with Crippen LogP contribution in [0.3, 0.4) is 0 Å². The predicted molar refractivity (Wildman–Crippen MR) is 99.2 cm³/mol. The van der Waals surface area contributed by atoms with E-state index in [2.05, 4.69) is 45.2 Å². The normalized spacial score (nSPS) is 10.9. The van der Waals surface area contributed by atoms with Gasteiger partial charge in [0.05, 0.1) is 0 Å². The smallest absolute Gasteiger partial charge is 0.169 e. The molecule has 116 valence electrons. The minimum atomic E-state index is 0.554. The van der Waals surface area contributed by atoms with Crippen molar-refractivity contribution in [2.75, 3.05) is 0 Å².